The molecule has 1 amide bonds. The number of ether oxygens (including phenoxy) is 2. The number of rotatable bonds is 6. The minimum absolute atomic E-state index is 0.110. The van der Waals surface area contributed by atoms with Crippen molar-refractivity contribution in [1.29, 1.82) is 0 Å². The molecule has 4 aromatic rings. The molecule has 0 fully saturated rings. The summed E-state index contributed by atoms with van der Waals surface area (Å²) in [6.45, 7) is 0. The summed E-state index contributed by atoms with van der Waals surface area (Å²) < 4.78 is 10.7. The lowest BCUT2D eigenvalue weighted by Crippen LogP contribution is -2.52. The highest BCUT2D eigenvalue weighted by Gasteiger charge is 2.61. The predicted octanol–water partition coefficient (Wildman–Crippen LogP) is 6.07. The Morgan fingerprint density at radius 1 is 0.775 bits per heavy atom. The maximum Gasteiger partial charge on any atom is 0.266 e. The molecular weight excluding hydrogens is 500 g/mol. The quantitative estimate of drug-likeness (QED) is 0.328. The standard InChI is InChI=1S/C34H30N2O4/c1-39-28-17-13-23(14-18-28)26-21-30(24-9-5-3-6-10-24)34(31(37)22-26)32(25-11-7-4-8-12-25)35-36(33(34)38)27-15-19-29(40-2)20-16-27/h3-21,26,31,37H,22H2,1-2H3/t26-,31-,34+/m0/s1. The van der Waals surface area contributed by atoms with Gasteiger partial charge in [0, 0.05) is 5.92 Å². The molecule has 6 rings (SSSR count). The summed E-state index contributed by atoms with van der Waals surface area (Å²) in [7, 11) is 3.24. The van der Waals surface area contributed by atoms with E-state index in [2.05, 4.69) is 6.08 Å². The molecule has 0 saturated heterocycles. The highest BCUT2D eigenvalue weighted by Crippen LogP contribution is 2.53. The summed E-state index contributed by atoms with van der Waals surface area (Å²) in [6, 6.07) is 34.6. The third-order valence-corrected chi connectivity index (χ3v) is 7.87. The van der Waals surface area contributed by atoms with Gasteiger partial charge < -0.3 is 14.6 Å². The topological polar surface area (TPSA) is 71.4 Å². The second-order valence-corrected chi connectivity index (χ2v) is 10.0. The van der Waals surface area contributed by atoms with Crippen LogP contribution in [0.4, 0.5) is 5.69 Å². The van der Waals surface area contributed by atoms with Gasteiger partial charge in [-0.1, -0.05) is 78.9 Å². The second-order valence-electron chi connectivity index (χ2n) is 10.0. The van der Waals surface area contributed by atoms with Crippen LogP contribution >= 0.6 is 0 Å². The molecule has 1 spiro atoms. The number of carbonyl (C=O) groups is 1. The van der Waals surface area contributed by atoms with E-state index in [4.69, 9.17) is 14.6 Å². The number of hydrazone groups is 1. The number of anilines is 1. The fraction of sp³-hybridized carbons (Fsp3) is 0.176. The summed E-state index contributed by atoms with van der Waals surface area (Å²) in [6.07, 6.45) is 1.46. The lowest BCUT2D eigenvalue weighted by molar-refractivity contribution is -0.125. The molecule has 200 valence electrons. The van der Waals surface area contributed by atoms with E-state index in [1.807, 2.05) is 97.1 Å². The first-order valence-corrected chi connectivity index (χ1v) is 13.3. The number of benzene rings is 4. The maximum absolute atomic E-state index is 14.7. The Labute approximate surface area is 233 Å². The van der Waals surface area contributed by atoms with Crippen LogP contribution < -0.4 is 14.5 Å². The number of hydrogen-bond acceptors (Lipinski definition) is 5. The van der Waals surface area contributed by atoms with Gasteiger partial charge >= 0.3 is 0 Å². The molecule has 1 aliphatic heterocycles. The normalized spacial score (nSPS) is 22.2. The molecular formula is C34H30N2O4. The number of aliphatic hydroxyl groups is 1. The Hall–Kier alpha value is -4.68. The van der Waals surface area contributed by atoms with Crippen LogP contribution in [0.25, 0.3) is 5.57 Å². The Morgan fingerprint density at radius 3 is 1.90 bits per heavy atom. The lowest BCUT2D eigenvalue weighted by Gasteiger charge is -2.41. The van der Waals surface area contributed by atoms with Crippen molar-refractivity contribution in [3.05, 3.63) is 132 Å². The van der Waals surface area contributed by atoms with Crippen LogP contribution in [-0.4, -0.2) is 37.0 Å². The number of hydrogen-bond donors (Lipinski definition) is 1. The molecule has 0 radical (unpaired) electrons. The summed E-state index contributed by atoms with van der Waals surface area (Å²) in [4.78, 5) is 14.7. The third kappa shape index (κ3) is 4.17. The molecule has 0 saturated carbocycles. The van der Waals surface area contributed by atoms with Crippen LogP contribution in [-0.2, 0) is 4.79 Å². The fourth-order valence-corrected chi connectivity index (χ4v) is 5.84. The molecule has 6 heteroatoms. The molecule has 2 aliphatic rings. The van der Waals surface area contributed by atoms with Crippen molar-refractivity contribution >= 4 is 22.9 Å². The van der Waals surface area contributed by atoms with E-state index in [9.17, 15) is 9.90 Å². The number of aliphatic hydroxyl groups excluding tert-OH is 1. The van der Waals surface area contributed by atoms with E-state index in [0.717, 1.165) is 28.0 Å². The van der Waals surface area contributed by atoms with Crippen LogP contribution in [0, 0.1) is 5.41 Å². The predicted molar refractivity (Wildman–Crippen MR) is 157 cm³/mol. The SMILES string of the molecule is COc1ccc([C@H]2C=C(c3ccccc3)[C@@]3(C(=O)N(c4ccc(OC)cc4)N=C3c3ccccc3)[C@@H](O)C2)cc1. The van der Waals surface area contributed by atoms with Crippen LogP contribution in [0.5, 0.6) is 11.5 Å². The Kier molecular flexibility index (Phi) is 6.70. The van der Waals surface area contributed by atoms with Crippen molar-refractivity contribution in [2.24, 2.45) is 10.5 Å². The monoisotopic (exact) mass is 530 g/mol. The molecule has 3 atom stereocenters. The summed E-state index contributed by atoms with van der Waals surface area (Å²) >= 11 is 0. The van der Waals surface area contributed by atoms with Crippen molar-refractivity contribution in [3.8, 4) is 11.5 Å². The van der Waals surface area contributed by atoms with Crippen molar-refractivity contribution in [1.82, 2.24) is 0 Å². The molecule has 0 bridgehead atoms. The van der Waals surface area contributed by atoms with Crippen LogP contribution in [0.2, 0.25) is 0 Å². The first kappa shape index (κ1) is 25.6. The number of nitrogens with zero attached hydrogens (tertiary/aromatic N) is 2. The molecule has 40 heavy (non-hydrogen) atoms. The van der Waals surface area contributed by atoms with Gasteiger partial charge in [-0.15, -0.1) is 0 Å². The number of allylic oxidation sites excluding steroid dienone is 1. The van der Waals surface area contributed by atoms with E-state index < -0.39 is 11.5 Å². The molecule has 6 nitrogen and oxygen atoms in total. The summed E-state index contributed by atoms with van der Waals surface area (Å²) in [5, 5.41) is 18.5. The largest absolute Gasteiger partial charge is 0.497 e. The van der Waals surface area contributed by atoms with E-state index in [1.54, 1.807) is 26.4 Å². The lowest BCUT2D eigenvalue weighted by atomic mass is 9.61. The molecule has 1 heterocycles. The van der Waals surface area contributed by atoms with Crippen molar-refractivity contribution < 1.29 is 19.4 Å². The van der Waals surface area contributed by atoms with E-state index >= 15 is 0 Å². The van der Waals surface area contributed by atoms with Crippen molar-refractivity contribution in [2.75, 3.05) is 19.2 Å². The maximum atomic E-state index is 14.7. The fourth-order valence-electron chi connectivity index (χ4n) is 5.84. The van der Waals surface area contributed by atoms with Crippen LogP contribution in [0.3, 0.4) is 0 Å². The Balaban J connectivity index is 1.56. The average molecular weight is 531 g/mol. The summed E-state index contributed by atoms with van der Waals surface area (Å²) in [5.74, 6) is 1.06. The highest BCUT2D eigenvalue weighted by molar-refractivity contribution is 6.32. The first-order chi connectivity index (χ1) is 19.6. The van der Waals surface area contributed by atoms with Gasteiger partial charge in [0.1, 0.15) is 16.9 Å². The van der Waals surface area contributed by atoms with Crippen LogP contribution in [0.1, 0.15) is 29.0 Å². The number of methoxy groups -OCH3 is 2. The van der Waals surface area contributed by atoms with E-state index in [1.165, 1.54) is 5.01 Å². The second kappa shape index (κ2) is 10.5. The minimum atomic E-state index is -1.40. The van der Waals surface area contributed by atoms with Crippen molar-refractivity contribution in [3.63, 3.8) is 0 Å². The van der Waals surface area contributed by atoms with E-state index in [0.29, 0.717) is 23.6 Å². The zero-order valence-corrected chi connectivity index (χ0v) is 22.4. The summed E-state index contributed by atoms with van der Waals surface area (Å²) in [5.41, 5.74) is 3.18. The number of carbonyl (C=O) groups excluding carboxylic acids is 1. The van der Waals surface area contributed by atoms with Gasteiger partial charge in [0.05, 0.1) is 31.7 Å². The van der Waals surface area contributed by atoms with Gasteiger partial charge in [-0.3, -0.25) is 4.79 Å². The average Bonchev–Trinajstić information content (AvgIpc) is 3.32. The molecule has 1 N–H and O–H groups in total. The van der Waals surface area contributed by atoms with Crippen molar-refractivity contribution in [2.45, 2.75) is 18.4 Å². The van der Waals surface area contributed by atoms with E-state index in [-0.39, 0.29) is 11.8 Å². The molecule has 1 aliphatic carbocycles. The van der Waals surface area contributed by atoms with Gasteiger partial charge in [-0.05, 0) is 65.1 Å². The minimum Gasteiger partial charge on any atom is -0.497 e. The number of amides is 1. The zero-order chi connectivity index (χ0) is 27.7. The smallest absolute Gasteiger partial charge is 0.266 e. The highest BCUT2D eigenvalue weighted by atomic mass is 16.5. The Morgan fingerprint density at radius 2 is 1.32 bits per heavy atom. The molecule has 0 unspecified atom stereocenters. The van der Waals surface area contributed by atoms with Crippen LogP contribution in [0.15, 0.2) is 120 Å². The van der Waals surface area contributed by atoms with Gasteiger partial charge in [-0.25, -0.2) is 0 Å². The molecule has 4 aromatic carbocycles. The Bertz CT molecular complexity index is 1560. The van der Waals surface area contributed by atoms with Gasteiger partial charge in [0.15, 0.2) is 0 Å². The van der Waals surface area contributed by atoms with Gasteiger partial charge in [-0.2, -0.15) is 10.1 Å². The zero-order valence-electron chi connectivity index (χ0n) is 22.4. The third-order valence-electron chi connectivity index (χ3n) is 7.87. The first-order valence-electron chi connectivity index (χ1n) is 13.3. The van der Waals surface area contributed by atoms with Gasteiger partial charge in [0.25, 0.3) is 5.91 Å². The van der Waals surface area contributed by atoms with Gasteiger partial charge in [0.2, 0.25) is 0 Å². The molecule has 0 aromatic heterocycles.